The topological polar surface area (TPSA) is 170 Å². The van der Waals surface area contributed by atoms with E-state index in [0.29, 0.717) is 65.6 Å². The molecule has 0 radical (unpaired) electrons. The first-order valence-electron chi connectivity index (χ1n) is 33.4. The number of aliphatic imine (C=N–C) groups is 2. The Labute approximate surface area is 579 Å². The second-order valence-electron chi connectivity index (χ2n) is 32.2. The van der Waals surface area contributed by atoms with E-state index < -0.39 is 22.9 Å². The van der Waals surface area contributed by atoms with Crippen LogP contribution in [0.1, 0.15) is 249 Å². The van der Waals surface area contributed by atoms with Crippen molar-refractivity contribution in [2.24, 2.45) is 43.5 Å². The van der Waals surface area contributed by atoms with Gasteiger partial charge in [-0.15, -0.1) is 0 Å². The zero-order chi connectivity index (χ0) is 69.8. The van der Waals surface area contributed by atoms with Gasteiger partial charge in [-0.1, -0.05) is 154 Å². The van der Waals surface area contributed by atoms with Crippen LogP contribution in [0.3, 0.4) is 0 Å². The number of esters is 1. The normalized spacial score (nSPS) is 20.9. The molecule has 512 valence electrons. The van der Waals surface area contributed by atoms with Gasteiger partial charge < -0.3 is 29.4 Å². The maximum atomic E-state index is 14.7. The number of carboxylic acid groups (broad SMARTS) is 1. The van der Waals surface area contributed by atoms with Gasteiger partial charge in [-0.2, -0.15) is 0 Å². The zero-order valence-electron chi connectivity index (χ0n) is 58.7. The van der Waals surface area contributed by atoms with Crippen molar-refractivity contribution < 1.29 is 38.6 Å². The summed E-state index contributed by atoms with van der Waals surface area (Å²) in [7, 11) is 3.29. The largest absolute Gasteiger partial charge is 0.481 e. The number of carbonyl (C=O) groups excluding carboxylic acids is 5. The van der Waals surface area contributed by atoms with Crippen LogP contribution >= 0.6 is 46.4 Å². The van der Waals surface area contributed by atoms with Gasteiger partial charge in [0.1, 0.15) is 28.4 Å². The molecule has 94 heavy (non-hydrogen) atoms. The fraction of sp³-hybridized carbons (Fsp3) is 0.579. The van der Waals surface area contributed by atoms with E-state index in [1.54, 1.807) is 67.5 Å². The number of carboxylic acids is 1. The zero-order valence-corrected chi connectivity index (χ0v) is 61.7. The van der Waals surface area contributed by atoms with Crippen LogP contribution in [0.5, 0.6) is 0 Å². The van der Waals surface area contributed by atoms with Crippen molar-refractivity contribution in [3.63, 3.8) is 0 Å². The molecule has 8 rings (SSSR count). The summed E-state index contributed by atoms with van der Waals surface area (Å²) in [6.07, 6.45) is 10.1. The van der Waals surface area contributed by atoms with Gasteiger partial charge in [0.05, 0.1) is 24.9 Å². The summed E-state index contributed by atoms with van der Waals surface area (Å²) in [4.78, 5) is 96.6. The van der Waals surface area contributed by atoms with Crippen molar-refractivity contribution >= 4 is 93.4 Å². The predicted molar refractivity (Wildman–Crippen MR) is 380 cm³/mol. The first kappa shape index (κ1) is 75.6. The van der Waals surface area contributed by atoms with Gasteiger partial charge in [-0.3, -0.25) is 38.8 Å². The molecule has 4 amide bonds. The van der Waals surface area contributed by atoms with Crippen molar-refractivity contribution in [2.45, 2.75) is 223 Å². The molecular weight excluding hydrogens is 1270 g/mol. The van der Waals surface area contributed by atoms with Gasteiger partial charge >= 0.3 is 11.9 Å². The quantitative estimate of drug-likeness (QED) is 0.0960. The maximum Gasteiger partial charge on any atom is 0.308 e. The van der Waals surface area contributed by atoms with Gasteiger partial charge in [-0.25, -0.2) is 0 Å². The van der Waals surface area contributed by atoms with Gasteiger partial charge in [0, 0.05) is 69.5 Å². The van der Waals surface area contributed by atoms with E-state index >= 15 is 0 Å². The SMILES string of the molecule is CN(CCC(=O)O)C(=O)c1ccc([C@@H](CCC(C)(C)C)N2C(=O)C(c3cc(Cl)cc(Cl)c3)=NC23CCC(C(C)(C)C)CC3)cc1.CN(CCC(=O)OC(C)(C)C)C(=O)c1ccc([C@@H](CCC(C)(C)C)N2C(=O)C(c3cc(Cl)cc(Cl)c3)=NC23CCC(C(C)(C)C)CC3)cc1. The van der Waals surface area contributed by atoms with E-state index in [9.17, 15) is 28.8 Å². The molecule has 2 spiro atoms. The van der Waals surface area contributed by atoms with E-state index in [0.717, 1.165) is 88.2 Å². The molecule has 1 N–H and O–H groups in total. The van der Waals surface area contributed by atoms with Crippen molar-refractivity contribution in [3.8, 4) is 0 Å². The number of aliphatic carboxylic acids is 1. The second-order valence-corrected chi connectivity index (χ2v) is 34.0. The number of carbonyl (C=O) groups is 6. The van der Waals surface area contributed by atoms with E-state index in [4.69, 9.17) is 66.2 Å². The van der Waals surface area contributed by atoms with E-state index in [1.165, 1.54) is 4.90 Å². The number of nitrogens with zero attached hydrogens (tertiary/aromatic N) is 6. The van der Waals surface area contributed by atoms with Crippen molar-refractivity contribution in [3.05, 3.63) is 138 Å². The Balaban J connectivity index is 0.000000267. The summed E-state index contributed by atoms with van der Waals surface area (Å²) in [5.74, 6) is -0.910. The molecule has 2 heterocycles. The fourth-order valence-corrected chi connectivity index (χ4v) is 14.8. The standard InChI is InChI=1S/C40H55Cl2N3O4.C36H47Cl2N3O4/c1-37(2,3)19-17-32(26-11-13-27(14-12-26)35(47)44(10)22-18-33(46)49-39(7,8)9)45-36(48)34(28-23-30(41)25-31(42)24-28)43-40(45)20-15-29(16-21-40)38(4,5)6;1-34(2,3)16-14-29(23-8-10-24(11-9-23)32(44)40(7)19-15-30(42)43)41-33(45)31(25-20-27(37)22-28(38)21-25)39-36(41)17-12-26(13-18-36)35(4,5)6/h11-14,23-25,29,32H,15-22H2,1-10H3;8-11,20-22,26,29H,12-19H2,1-7H3,(H,42,43)/t29?,32-,40?;26?,29-,36?/m11/s1. The number of amides is 4. The Bertz CT molecular complexity index is 3420. The summed E-state index contributed by atoms with van der Waals surface area (Å²) < 4.78 is 5.41. The highest BCUT2D eigenvalue weighted by Crippen LogP contribution is 2.53. The molecule has 14 nitrogen and oxygen atoms in total. The molecule has 0 bridgehead atoms. The third kappa shape index (κ3) is 19.5. The first-order valence-corrected chi connectivity index (χ1v) is 34.9. The first-order chi connectivity index (χ1) is 43.5. The van der Waals surface area contributed by atoms with Gasteiger partial charge in [-0.05, 0) is 203 Å². The monoisotopic (exact) mass is 1370 g/mol. The lowest BCUT2D eigenvalue weighted by Gasteiger charge is -2.47. The molecule has 0 saturated heterocycles. The number of ether oxygens (including phenoxy) is 1. The molecule has 2 aliphatic carbocycles. The Kier molecular flexibility index (Phi) is 24.0. The molecule has 0 aromatic heterocycles. The summed E-state index contributed by atoms with van der Waals surface area (Å²) >= 11 is 25.6. The molecule has 2 aliphatic heterocycles. The van der Waals surface area contributed by atoms with E-state index in [-0.39, 0.29) is 89.3 Å². The van der Waals surface area contributed by atoms with Crippen molar-refractivity contribution in [2.75, 3.05) is 27.2 Å². The third-order valence-electron chi connectivity index (χ3n) is 19.1. The predicted octanol–water partition coefficient (Wildman–Crippen LogP) is 18.6. The lowest BCUT2D eigenvalue weighted by atomic mass is 9.69. The maximum absolute atomic E-state index is 14.7. The van der Waals surface area contributed by atoms with Crippen LogP contribution in [-0.4, -0.2) is 116 Å². The molecule has 4 aromatic rings. The molecular formula is C76H102Cl4N6O8. The number of benzene rings is 4. The minimum absolute atomic E-state index is 0.0327. The second kappa shape index (κ2) is 29.9. The lowest BCUT2D eigenvalue weighted by molar-refractivity contribution is -0.155. The van der Waals surface area contributed by atoms with E-state index in [1.807, 2.05) is 67.0 Å². The van der Waals surface area contributed by atoms with Crippen molar-refractivity contribution in [1.82, 2.24) is 19.6 Å². The fourth-order valence-electron chi connectivity index (χ4n) is 13.7. The number of hydrogen-bond acceptors (Lipinski definition) is 9. The molecule has 0 unspecified atom stereocenters. The summed E-state index contributed by atoms with van der Waals surface area (Å²) in [5.41, 5.74) is 3.36. The van der Waals surface area contributed by atoms with E-state index in [2.05, 4.69) is 83.1 Å². The Hall–Kier alpha value is -5.80. The average Bonchev–Trinajstić information content (AvgIpc) is 1.58. The smallest absolute Gasteiger partial charge is 0.308 e. The van der Waals surface area contributed by atoms with Crippen LogP contribution in [0.25, 0.3) is 0 Å². The molecule has 18 heteroatoms. The Morgan fingerprint density at radius 3 is 1.14 bits per heavy atom. The molecule has 4 aromatic carbocycles. The lowest BCUT2D eigenvalue weighted by Crippen LogP contribution is -2.51. The minimum Gasteiger partial charge on any atom is -0.481 e. The highest BCUT2D eigenvalue weighted by atomic mass is 35.5. The van der Waals surface area contributed by atoms with Gasteiger partial charge in [0.25, 0.3) is 23.6 Å². The van der Waals surface area contributed by atoms with Crippen LogP contribution in [0.15, 0.2) is 94.9 Å². The summed E-state index contributed by atoms with van der Waals surface area (Å²) in [5, 5.41) is 10.9. The summed E-state index contributed by atoms with van der Waals surface area (Å²) in [6, 6.07) is 24.9. The van der Waals surface area contributed by atoms with Crippen LogP contribution in [-0.2, 0) is 23.9 Å². The minimum atomic E-state index is -0.950. The van der Waals surface area contributed by atoms with Crippen molar-refractivity contribution in [1.29, 1.82) is 0 Å². The number of halogens is 4. The molecule has 2 fully saturated rings. The molecule has 4 aliphatic rings. The summed E-state index contributed by atoms with van der Waals surface area (Å²) in [6.45, 7) is 32.8. The molecule has 2 saturated carbocycles. The van der Waals surface area contributed by atoms with Gasteiger partial charge in [0.2, 0.25) is 0 Å². The van der Waals surface area contributed by atoms with Crippen LogP contribution in [0.4, 0.5) is 0 Å². The Morgan fingerprint density at radius 1 is 0.532 bits per heavy atom. The van der Waals surface area contributed by atoms with Crippen LogP contribution in [0, 0.1) is 33.5 Å². The number of hydrogen-bond donors (Lipinski definition) is 1. The highest BCUT2D eigenvalue weighted by molar-refractivity contribution is 6.48. The molecule has 2 atom stereocenters. The third-order valence-corrected chi connectivity index (χ3v) is 20.0. The Morgan fingerprint density at radius 2 is 0.851 bits per heavy atom. The van der Waals surface area contributed by atoms with Gasteiger partial charge in [0.15, 0.2) is 0 Å². The average molecular weight is 1370 g/mol. The number of rotatable bonds is 18. The van der Waals surface area contributed by atoms with Crippen LogP contribution in [0.2, 0.25) is 20.1 Å². The van der Waals surface area contributed by atoms with Crippen LogP contribution < -0.4 is 0 Å². The highest BCUT2D eigenvalue weighted by Gasteiger charge is 2.55.